The van der Waals surface area contributed by atoms with E-state index in [9.17, 15) is 4.79 Å². The van der Waals surface area contributed by atoms with Gasteiger partial charge in [-0.05, 0) is 12.5 Å². The minimum Gasteiger partial charge on any atom is -0.267 e. The van der Waals surface area contributed by atoms with E-state index in [1.54, 1.807) is 18.3 Å². The Hall–Kier alpha value is -2.66. The van der Waals surface area contributed by atoms with Crippen molar-refractivity contribution in [3.8, 4) is 12.1 Å². The lowest BCUT2D eigenvalue weighted by atomic mass is 10.1. The van der Waals surface area contributed by atoms with Gasteiger partial charge in [0, 0.05) is 11.8 Å². The first-order valence-electron chi connectivity index (χ1n) is 5.97. The van der Waals surface area contributed by atoms with Crippen LogP contribution in [0.4, 0.5) is 0 Å². The van der Waals surface area contributed by atoms with Crippen molar-refractivity contribution in [3.05, 3.63) is 40.8 Å². The van der Waals surface area contributed by atoms with E-state index in [1.165, 1.54) is 4.68 Å². The molecule has 0 aliphatic heterocycles. The van der Waals surface area contributed by atoms with Crippen LogP contribution in [0.2, 0.25) is 0 Å². The lowest BCUT2D eigenvalue weighted by Gasteiger charge is -2.09. The van der Waals surface area contributed by atoms with Gasteiger partial charge in [-0.2, -0.15) is 15.6 Å². The van der Waals surface area contributed by atoms with E-state index in [0.29, 0.717) is 18.2 Å². The Morgan fingerprint density at radius 3 is 2.84 bits per heavy atom. The molecule has 2 rings (SSSR count). The number of rotatable bonds is 4. The Labute approximate surface area is 110 Å². The topological polar surface area (TPSA) is 82.5 Å². The summed E-state index contributed by atoms with van der Waals surface area (Å²) in [5, 5.41) is 23.0. The van der Waals surface area contributed by atoms with Crippen LogP contribution in [0.1, 0.15) is 12.8 Å². The molecular weight excluding hydrogens is 240 g/mol. The van der Waals surface area contributed by atoms with Crippen molar-refractivity contribution in [2.24, 2.45) is 5.92 Å². The average molecular weight is 252 g/mol. The van der Waals surface area contributed by atoms with E-state index >= 15 is 0 Å². The summed E-state index contributed by atoms with van der Waals surface area (Å²) in [4.78, 5) is 12.2. The first-order chi connectivity index (χ1) is 9.26. The van der Waals surface area contributed by atoms with Crippen LogP contribution in [-0.4, -0.2) is 9.78 Å². The van der Waals surface area contributed by atoms with E-state index < -0.39 is 0 Å². The van der Waals surface area contributed by atoms with E-state index in [1.807, 2.05) is 18.2 Å². The molecule has 0 saturated carbocycles. The Morgan fingerprint density at radius 2 is 2.11 bits per heavy atom. The smallest absolute Gasteiger partial charge is 0.267 e. The number of fused-ring (bicyclic) bond motifs is 1. The highest BCUT2D eigenvalue weighted by atomic mass is 16.1. The first-order valence-corrected chi connectivity index (χ1v) is 5.97. The quantitative estimate of drug-likeness (QED) is 0.831. The lowest BCUT2D eigenvalue weighted by Crippen LogP contribution is -2.26. The van der Waals surface area contributed by atoms with Crippen molar-refractivity contribution >= 4 is 10.8 Å². The summed E-state index contributed by atoms with van der Waals surface area (Å²) in [6.45, 7) is 0.224. The molecule has 0 aliphatic carbocycles. The van der Waals surface area contributed by atoms with Crippen LogP contribution in [0.25, 0.3) is 10.8 Å². The number of hydrogen-bond donors (Lipinski definition) is 0. The van der Waals surface area contributed by atoms with Gasteiger partial charge < -0.3 is 0 Å². The fraction of sp³-hybridized carbons (Fsp3) is 0.286. The number of aromatic nitrogens is 2. The molecule has 5 heteroatoms. The predicted octanol–water partition coefficient (Wildman–Crippen LogP) is 1.84. The Kier molecular flexibility index (Phi) is 3.90. The van der Waals surface area contributed by atoms with Crippen molar-refractivity contribution in [2.45, 2.75) is 19.4 Å². The second-order valence-electron chi connectivity index (χ2n) is 4.24. The lowest BCUT2D eigenvalue weighted by molar-refractivity contribution is 0.461. The summed E-state index contributed by atoms with van der Waals surface area (Å²) in [6, 6.07) is 11.3. The van der Waals surface area contributed by atoms with Crippen LogP contribution in [0.5, 0.6) is 0 Å². The van der Waals surface area contributed by atoms with Crippen molar-refractivity contribution in [1.29, 1.82) is 10.5 Å². The van der Waals surface area contributed by atoms with Crippen LogP contribution < -0.4 is 5.56 Å². The van der Waals surface area contributed by atoms with Crippen LogP contribution in [-0.2, 0) is 6.54 Å². The molecule has 0 saturated heterocycles. The van der Waals surface area contributed by atoms with Crippen LogP contribution >= 0.6 is 0 Å². The standard InChI is InChI=1S/C14H12N4O/c15-7-3-4-11(8-16)10-18-14(19)13-6-2-1-5-12(13)9-17-18/h1-2,5-6,9,11H,3-4,10H2/t11-/m1/s1. The monoisotopic (exact) mass is 252 g/mol. The molecule has 0 fully saturated rings. The van der Waals surface area contributed by atoms with Crippen molar-refractivity contribution in [3.63, 3.8) is 0 Å². The first kappa shape index (κ1) is 12.8. The van der Waals surface area contributed by atoms with Gasteiger partial charge in [-0.15, -0.1) is 0 Å². The number of nitrogens with zero attached hydrogens (tertiary/aromatic N) is 4. The summed E-state index contributed by atoms with van der Waals surface area (Å²) in [5.41, 5.74) is -0.199. The maximum absolute atomic E-state index is 12.2. The zero-order valence-corrected chi connectivity index (χ0v) is 10.3. The van der Waals surface area contributed by atoms with Gasteiger partial charge >= 0.3 is 0 Å². The molecule has 2 aromatic rings. The minimum atomic E-state index is -0.369. The molecule has 0 radical (unpaired) electrons. The molecule has 19 heavy (non-hydrogen) atoms. The van der Waals surface area contributed by atoms with Gasteiger partial charge in [0.25, 0.3) is 5.56 Å². The summed E-state index contributed by atoms with van der Waals surface area (Å²) in [7, 11) is 0. The van der Waals surface area contributed by atoms with Gasteiger partial charge in [0.05, 0.1) is 36.2 Å². The molecule has 0 bridgehead atoms. The molecule has 1 atom stereocenters. The summed E-state index contributed by atoms with van der Waals surface area (Å²) in [5.74, 6) is -0.369. The molecule has 1 aromatic heterocycles. The molecular formula is C14H12N4O. The van der Waals surface area contributed by atoms with Gasteiger partial charge in [-0.1, -0.05) is 18.2 Å². The van der Waals surface area contributed by atoms with E-state index in [-0.39, 0.29) is 18.0 Å². The molecule has 0 spiro atoms. The second kappa shape index (κ2) is 5.79. The third-order valence-electron chi connectivity index (χ3n) is 2.94. The predicted molar refractivity (Wildman–Crippen MR) is 70.0 cm³/mol. The molecule has 0 amide bonds. The minimum absolute atomic E-state index is 0.199. The highest BCUT2D eigenvalue weighted by Gasteiger charge is 2.11. The van der Waals surface area contributed by atoms with E-state index in [2.05, 4.69) is 11.2 Å². The van der Waals surface area contributed by atoms with Crippen LogP contribution in [0.15, 0.2) is 35.3 Å². The normalized spacial score (nSPS) is 11.7. The SMILES string of the molecule is N#CCC[C@H](C#N)Cn1ncc2ccccc2c1=O. The average Bonchev–Trinajstić information content (AvgIpc) is 2.46. The van der Waals surface area contributed by atoms with Gasteiger partial charge in [0.1, 0.15) is 0 Å². The third kappa shape index (κ3) is 2.78. The van der Waals surface area contributed by atoms with Crippen molar-refractivity contribution in [2.75, 3.05) is 0 Å². The van der Waals surface area contributed by atoms with Crippen molar-refractivity contribution < 1.29 is 0 Å². The van der Waals surface area contributed by atoms with E-state index in [0.717, 1.165) is 5.39 Å². The maximum Gasteiger partial charge on any atom is 0.274 e. The highest BCUT2D eigenvalue weighted by molar-refractivity contribution is 5.80. The maximum atomic E-state index is 12.2. The van der Waals surface area contributed by atoms with Gasteiger partial charge in [-0.3, -0.25) is 4.79 Å². The van der Waals surface area contributed by atoms with E-state index in [4.69, 9.17) is 10.5 Å². The third-order valence-corrected chi connectivity index (χ3v) is 2.94. The van der Waals surface area contributed by atoms with Crippen molar-refractivity contribution in [1.82, 2.24) is 9.78 Å². The molecule has 0 aliphatic rings. The Morgan fingerprint density at radius 1 is 1.32 bits per heavy atom. The van der Waals surface area contributed by atoms with Gasteiger partial charge in [0.2, 0.25) is 0 Å². The van der Waals surface area contributed by atoms with Crippen LogP contribution in [0, 0.1) is 28.6 Å². The fourth-order valence-electron chi connectivity index (χ4n) is 1.90. The molecule has 1 aromatic carbocycles. The summed E-state index contributed by atoms with van der Waals surface area (Å²) in [6.07, 6.45) is 2.38. The molecule has 94 valence electrons. The number of benzene rings is 1. The zero-order valence-electron chi connectivity index (χ0n) is 10.3. The largest absolute Gasteiger partial charge is 0.274 e. The Balaban J connectivity index is 2.31. The molecule has 0 N–H and O–H groups in total. The van der Waals surface area contributed by atoms with Gasteiger partial charge in [-0.25, -0.2) is 4.68 Å². The Bertz CT molecular complexity index is 721. The van der Waals surface area contributed by atoms with Gasteiger partial charge in [0.15, 0.2) is 0 Å². The number of hydrogen-bond acceptors (Lipinski definition) is 4. The summed E-state index contributed by atoms with van der Waals surface area (Å²) < 4.78 is 1.30. The molecule has 1 heterocycles. The molecule has 5 nitrogen and oxygen atoms in total. The molecule has 0 unspecified atom stereocenters. The summed E-state index contributed by atoms with van der Waals surface area (Å²) >= 11 is 0. The zero-order chi connectivity index (χ0) is 13.7. The second-order valence-corrected chi connectivity index (χ2v) is 4.24. The highest BCUT2D eigenvalue weighted by Crippen LogP contribution is 2.09. The number of nitriles is 2. The fourth-order valence-corrected chi connectivity index (χ4v) is 1.90. The van der Waals surface area contributed by atoms with Crippen LogP contribution in [0.3, 0.4) is 0 Å².